The third-order valence-electron chi connectivity index (χ3n) is 3.28. The van der Waals surface area contributed by atoms with Gasteiger partial charge in [-0.05, 0) is 52.3 Å². The molecule has 6 nitrogen and oxygen atoms in total. The Morgan fingerprint density at radius 2 is 1.77 bits per heavy atom. The van der Waals surface area contributed by atoms with Crippen LogP contribution in [0.3, 0.4) is 0 Å². The van der Waals surface area contributed by atoms with Crippen LogP contribution in [0.2, 0.25) is 0 Å². The van der Waals surface area contributed by atoms with Crippen LogP contribution in [0, 0.1) is 17.1 Å². The second-order valence-corrected chi connectivity index (χ2v) is 6.96. The normalized spacial score (nSPS) is 10.2. The molecule has 0 aliphatic rings. The van der Waals surface area contributed by atoms with Gasteiger partial charge < -0.3 is 16.4 Å². The first-order valence-electron chi connectivity index (χ1n) is 7.28. The molecule has 0 bridgehead atoms. The minimum atomic E-state index is -0.454. The summed E-state index contributed by atoms with van der Waals surface area (Å²) in [4.78, 5) is 8.40. The van der Waals surface area contributed by atoms with E-state index in [-0.39, 0.29) is 17.5 Å². The summed E-state index contributed by atoms with van der Waals surface area (Å²) >= 11 is 6.54. The predicted molar refractivity (Wildman–Crippen MR) is 106 cm³/mol. The lowest BCUT2D eigenvalue weighted by molar-refractivity contribution is 0.630. The molecule has 0 spiro atoms. The van der Waals surface area contributed by atoms with E-state index in [2.05, 4.69) is 52.5 Å². The van der Waals surface area contributed by atoms with Gasteiger partial charge in [0.05, 0.1) is 17.3 Å². The molecule has 130 valence electrons. The largest absolute Gasteiger partial charge is 0.383 e. The maximum atomic E-state index is 14.2. The number of hydrogen-bond acceptors (Lipinski definition) is 6. The molecule has 0 unspecified atom stereocenters. The lowest BCUT2D eigenvalue weighted by atomic mass is 10.2. The molecular weight excluding hydrogens is 467 g/mol. The monoisotopic (exact) mass is 476 g/mol. The highest BCUT2D eigenvalue weighted by atomic mass is 79.9. The van der Waals surface area contributed by atoms with Crippen molar-refractivity contribution in [3.63, 3.8) is 0 Å². The third-order valence-corrected chi connectivity index (χ3v) is 4.36. The van der Waals surface area contributed by atoms with Gasteiger partial charge >= 0.3 is 0 Å². The van der Waals surface area contributed by atoms with Crippen LogP contribution in [0.25, 0.3) is 0 Å². The van der Waals surface area contributed by atoms with E-state index >= 15 is 0 Å². The smallest absolute Gasteiger partial charge is 0.231 e. The number of nitrogen functional groups attached to an aromatic ring is 1. The molecule has 4 N–H and O–H groups in total. The summed E-state index contributed by atoms with van der Waals surface area (Å²) in [6.45, 7) is 0. The highest BCUT2D eigenvalue weighted by Crippen LogP contribution is 2.32. The van der Waals surface area contributed by atoms with Crippen molar-refractivity contribution in [1.82, 2.24) is 9.97 Å². The Morgan fingerprint density at radius 1 is 1.04 bits per heavy atom. The SMILES string of the molecule is N#Cc1ccc(Nc2nc(N)cc(Nc3c(F)cc(Br)cc3Br)n2)cc1. The average molecular weight is 478 g/mol. The Labute approximate surface area is 165 Å². The molecule has 1 aromatic heterocycles. The Kier molecular flexibility index (Phi) is 5.35. The second-order valence-electron chi connectivity index (χ2n) is 5.19. The van der Waals surface area contributed by atoms with Crippen LogP contribution < -0.4 is 16.4 Å². The van der Waals surface area contributed by atoms with E-state index in [0.29, 0.717) is 26.0 Å². The lowest BCUT2D eigenvalue weighted by Crippen LogP contribution is -2.05. The molecule has 0 amide bonds. The topological polar surface area (TPSA) is 99.7 Å². The molecule has 3 rings (SSSR count). The minimum Gasteiger partial charge on any atom is -0.383 e. The van der Waals surface area contributed by atoms with Gasteiger partial charge in [0.25, 0.3) is 0 Å². The van der Waals surface area contributed by atoms with Gasteiger partial charge in [-0.15, -0.1) is 0 Å². The van der Waals surface area contributed by atoms with Gasteiger partial charge in [0.1, 0.15) is 17.5 Å². The molecule has 26 heavy (non-hydrogen) atoms. The molecule has 0 aliphatic carbocycles. The molecule has 0 radical (unpaired) electrons. The molecule has 0 atom stereocenters. The summed E-state index contributed by atoms with van der Waals surface area (Å²) in [6, 6.07) is 13.4. The van der Waals surface area contributed by atoms with Crippen LogP contribution in [0.1, 0.15) is 5.56 Å². The van der Waals surface area contributed by atoms with Crippen molar-refractivity contribution < 1.29 is 4.39 Å². The standard InChI is InChI=1S/C17H11Br2FN6/c18-10-5-12(19)16(13(20)6-10)25-15-7-14(22)24-17(26-15)23-11-3-1-9(8-21)2-4-11/h1-7H,(H4,22,23,24,25,26). The van der Waals surface area contributed by atoms with Crippen molar-refractivity contribution in [2.45, 2.75) is 0 Å². The summed E-state index contributed by atoms with van der Waals surface area (Å²) in [7, 11) is 0. The predicted octanol–water partition coefficient (Wildman–Crippen LogP) is 5.08. The molecule has 0 aliphatic heterocycles. The number of hydrogen-bond donors (Lipinski definition) is 3. The van der Waals surface area contributed by atoms with E-state index in [9.17, 15) is 4.39 Å². The van der Waals surface area contributed by atoms with Crippen LogP contribution >= 0.6 is 31.9 Å². The molecule has 1 heterocycles. The van der Waals surface area contributed by atoms with Crippen molar-refractivity contribution in [2.75, 3.05) is 16.4 Å². The summed E-state index contributed by atoms with van der Waals surface area (Å²) < 4.78 is 15.3. The van der Waals surface area contributed by atoms with Crippen molar-refractivity contribution >= 4 is 60.8 Å². The number of nitrogens with zero attached hydrogens (tertiary/aromatic N) is 3. The number of nitriles is 1. The summed E-state index contributed by atoms with van der Waals surface area (Å²) in [5.74, 6) is 0.332. The fourth-order valence-corrected chi connectivity index (χ4v) is 3.41. The van der Waals surface area contributed by atoms with Gasteiger partial charge in [-0.25, -0.2) is 4.39 Å². The number of anilines is 5. The first-order valence-corrected chi connectivity index (χ1v) is 8.86. The van der Waals surface area contributed by atoms with E-state index in [1.807, 2.05) is 6.07 Å². The number of benzene rings is 2. The average Bonchev–Trinajstić information content (AvgIpc) is 2.58. The molecular formula is C17H11Br2FN6. The highest BCUT2D eigenvalue weighted by molar-refractivity contribution is 9.11. The quantitative estimate of drug-likeness (QED) is 0.484. The number of nitrogens with two attached hydrogens (primary N) is 1. The number of halogens is 3. The summed E-state index contributed by atoms with van der Waals surface area (Å²) in [6.07, 6.45) is 0. The molecule has 2 aromatic carbocycles. The van der Waals surface area contributed by atoms with Crippen LogP contribution in [0.5, 0.6) is 0 Å². The number of nitrogens with one attached hydrogen (secondary N) is 2. The Hall–Kier alpha value is -2.70. The van der Waals surface area contributed by atoms with Crippen LogP contribution in [0.15, 0.2) is 51.4 Å². The van der Waals surface area contributed by atoms with Gasteiger partial charge in [0.15, 0.2) is 0 Å². The van der Waals surface area contributed by atoms with E-state index < -0.39 is 5.82 Å². The van der Waals surface area contributed by atoms with Crippen molar-refractivity contribution in [2.24, 2.45) is 0 Å². The van der Waals surface area contributed by atoms with E-state index in [0.717, 1.165) is 0 Å². The van der Waals surface area contributed by atoms with Crippen molar-refractivity contribution in [1.29, 1.82) is 5.26 Å². The van der Waals surface area contributed by atoms with Gasteiger partial charge in [0, 0.05) is 20.7 Å². The summed E-state index contributed by atoms with van der Waals surface area (Å²) in [5, 5.41) is 14.7. The first kappa shape index (κ1) is 18.1. The summed E-state index contributed by atoms with van der Waals surface area (Å²) in [5.41, 5.74) is 7.29. The fraction of sp³-hybridized carbons (Fsp3) is 0. The fourth-order valence-electron chi connectivity index (χ4n) is 2.13. The maximum Gasteiger partial charge on any atom is 0.231 e. The van der Waals surface area contributed by atoms with E-state index in [4.69, 9.17) is 11.0 Å². The Bertz CT molecular complexity index is 978. The zero-order chi connectivity index (χ0) is 18.7. The zero-order valence-corrected chi connectivity index (χ0v) is 16.3. The van der Waals surface area contributed by atoms with Gasteiger partial charge in [-0.3, -0.25) is 0 Å². The van der Waals surface area contributed by atoms with Crippen molar-refractivity contribution in [3.8, 4) is 6.07 Å². The highest BCUT2D eigenvalue weighted by Gasteiger charge is 2.11. The van der Waals surface area contributed by atoms with Gasteiger partial charge in [-0.1, -0.05) is 15.9 Å². The van der Waals surface area contributed by atoms with Crippen LogP contribution in [-0.2, 0) is 0 Å². The molecule has 9 heteroatoms. The van der Waals surface area contributed by atoms with E-state index in [1.54, 1.807) is 30.3 Å². The minimum absolute atomic E-state index is 0.215. The maximum absolute atomic E-state index is 14.2. The third kappa shape index (κ3) is 4.28. The lowest BCUT2D eigenvalue weighted by Gasteiger charge is -2.12. The zero-order valence-electron chi connectivity index (χ0n) is 13.1. The molecule has 0 saturated heterocycles. The second kappa shape index (κ2) is 7.68. The Morgan fingerprint density at radius 3 is 2.42 bits per heavy atom. The van der Waals surface area contributed by atoms with Crippen molar-refractivity contribution in [3.05, 3.63) is 62.8 Å². The van der Waals surface area contributed by atoms with Gasteiger partial charge in [0.2, 0.25) is 5.95 Å². The molecule has 0 fully saturated rings. The first-order chi connectivity index (χ1) is 12.4. The number of aromatic nitrogens is 2. The van der Waals surface area contributed by atoms with Crippen LogP contribution in [0.4, 0.5) is 33.3 Å². The molecule has 0 saturated carbocycles. The molecule has 3 aromatic rings. The Balaban J connectivity index is 1.87. The van der Waals surface area contributed by atoms with Crippen LogP contribution in [-0.4, -0.2) is 9.97 Å². The van der Waals surface area contributed by atoms with E-state index in [1.165, 1.54) is 12.1 Å². The van der Waals surface area contributed by atoms with Gasteiger partial charge in [-0.2, -0.15) is 15.2 Å². The number of rotatable bonds is 4.